The quantitative estimate of drug-likeness (QED) is 0.604. The molecule has 1 heterocycles. The zero-order valence-electron chi connectivity index (χ0n) is 17.5. The molecule has 1 aromatic heterocycles. The smallest absolute Gasteiger partial charge is 0.233 e. The number of hydrogen-bond donors (Lipinski definition) is 1. The molecule has 3 aromatic rings. The number of thioether (sulfide) groups is 1. The Kier molecular flexibility index (Phi) is 6.08. The number of rotatable bonds is 6. The third-order valence-electron chi connectivity index (χ3n) is 5.52. The number of carbonyl (C=O) groups excluding carboxylic acids is 1. The minimum atomic E-state index is -0.272. The Bertz CT molecular complexity index is 1030. The molecule has 7 heteroatoms. The van der Waals surface area contributed by atoms with Gasteiger partial charge in [-0.3, -0.25) is 4.79 Å². The van der Waals surface area contributed by atoms with Crippen molar-refractivity contribution in [1.29, 1.82) is 0 Å². The van der Waals surface area contributed by atoms with Crippen LogP contribution in [0.1, 0.15) is 36.9 Å². The van der Waals surface area contributed by atoms with Crippen LogP contribution in [-0.4, -0.2) is 33.0 Å². The molecule has 0 spiro atoms. The van der Waals surface area contributed by atoms with Gasteiger partial charge in [0.05, 0.1) is 18.4 Å². The van der Waals surface area contributed by atoms with Crippen LogP contribution in [0.4, 0.5) is 0 Å². The van der Waals surface area contributed by atoms with Gasteiger partial charge in [-0.2, -0.15) is 0 Å². The Hall–Kier alpha value is -2.80. The van der Waals surface area contributed by atoms with Crippen molar-refractivity contribution in [1.82, 2.24) is 20.1 Å². The molecule has 1 aliphatic rings. The van der Waals surface area contributed by atoms with Gasteiger partial charge in [0, 0.05) is 12.6 Å². The van der Waals surface area contributed by atoms with Gasteiger partial charge >= 0.3 is 0 Å². The first-order valence-corrected chi connectivity index (χ1v) is 11.0. The fourth-order valence-corrected chi connectivity index (χ4v) is 4.64. The van der Waals surface area contributed by atoms with Crippen molar-refractivity contribution in [3.63, 3.8) is 0 Å². The Balaban J connectivity index is 1.43. The summed E-state index contributed by atoms with van der Waals surface area (Å²) in [4.78, 5) is 12.9. The lowest BCUT2D eigenvalue weighted by atomic mass is 9.88. The van der Waals surface area contributed by atoms with Crippen molar-refractivity contribution in [2.24, 2.45) is 7.05 Å². The molecule has 1 N–H and O–H groups in total. The number of nitrogens with one attached hydrogen (secondary N) is 1. The number of carbonyl (C=O) groups is 1. The summed E-state index contributed by atoms with van der Waals surface area (Å²) in [5.41, 5.74) is 3.54. The number of aromatic nitrogens is 3. The first kappa shape index (κ1) is 20.5. The number of hydrogen-bond acceptors (Lipinski definition) is 5. The molecule has 30 heavy (non-hydrogen) atoms. The van der Waals surface area contributed by atoms with E-state index in [0.29, 0.717) is 5.16 Å². The summed E-state index contributed by atoms with van der Waals surface area (Å²) in [7, 11) is 3.56. The summed E-state index contributed by atoms with van der Waals surface area (Å²) in [6.07, 6.45) is 3.16. The van der Waals surface area contributed by atoms with Crippen LogP contribution in [0.25, 0.3) is 11.4 Å². The standard InChI is InChI=1S/C23H26N4O2S/c1-15(22(28)24-20-10-6-8-16-7-4-5-9-19(16)20)30-23-26-25-21(27(23)2)17-11-13-18(29-3)14-12-17/h4-5,7,9,11-15,20H,6,8,10H2,1-3H3,(H,24,28)/t15-,20-/m1/s1. The van der Waals surface area contributed by atoms with Gasteiger partial charge in [-0.05, 0) is 61.6 Å². The van der Waals surface area contributed by atoms with E-state index in [9.17, 15) is 4.79 Å². The third-order valence-corrected chi connectivity index (χ3v) is 6.65. The second-order valence-corrected chi connectivity index (χ2v) is 8.81. The summed E-state index contributed by atoms with van der Waals surface area (Å²) in [6, 6.07) is 16.2. The summed E-state index contributed by atoms with van der Waals surface area (Å²) in [5, 5.41) is 12.3. The van der Waals surface area contributed by atoms with E-state index >= 15 is 0 Å². The minimum Gasteiger partial charge on any atom is -0.497 e. The minimum absolute atomic E-state index is 0.0238. The Morgan fingerprint density at radius 3 is 2.73 bits per heavy atom. The van der Waals surface area contributed by atoms with Gasteiger partial charge in [0.25, 0.3) is 0 Å². The molecule has 1 aliphatic carbocycles. The normalized spacial score (nSPS) is 16.6. The number of aryl methyl sites for hydroxylation is 1. The van der Waals surface area contributed by atoms with E-state index in [1.54, 1.807) is 7.11 Å². The SMILES string of the molecule is COc1ccc(-c2nnc(S[C@H](C)C(=O)N[C@@H]3CCCc4ccccc43)n2C)cc1. The van der Waals surface area contributed by atoms with Crippen molar-refractivity contribution in [2.75, 3.05) is 7.11 Å². The van der Waals surface area contributed by atoms with E-state index in [2.05, 4.69) is 33.7 Å². The Morgan fingerprint density at radius 2 is 1.97 bits per heavy atom. The lowest BCUT2D eigenvalue weighted by molar-refractivity contribution is -0.121. The number of amides is 1. The first-order valence-electron chi connectivity index (χ1n) is 10.2. The summed E-state index contributed by atoms with van der Waals surface area (Å²) in [6.45, 7) is 1.91. The van der Waals surface area contributed by atoms with E-state index in [-0.39, 0.29) is 17.2 Å². The van der Waals surface area contributed by atoms with Gasteiger partial charge in [0.15, 0.2) is 11.0 Å². The molecule has 0 aliphatic heterocycles. The zero-order chi connectivity index (χ0) is 21.1. The van der Waals surface area contributed by atoms with Crippen LogP contribution >= 0.6 is 11.8 Å². The fraction of sp³-hybridized carbons (Fsp3) is 0.348. The van der Waals surface area contributed by atoms with E-state index in [1.807, 2.05) is 48.9 Å². The van der Waals surface area contributed by atoms with Crippen molar-refractivity contribution in [2.45, 2.75) is 42.6 Å². The van der Waals surface area contributed by atoms with E-state index in [4.69, 9.17) is 4.74 Å². The van der Waals surface area contributed by atoms with Crippen molar-refractivity contribution < 1.29 is 9.53 Å². The molecule has 1 amide bonds. The van der Waals surface area contributed by atoms with Crippen molar-refractivity contribution >= 4 is 17.7 Å². The second kappa shape index (κ2) is 8.92. The van der Waals surface area contributed by atoms with Crippen LogP contribution in [0.3, 0.4) is 0 Å². The molecule has 0 radical (unpaired) electrons. The number of methoxy groups -OCH3 is 1. The maximum Gasteiger partial charge on any atom is 0.233 e. The van der Waals surface area contributed by atoms with E-state index in [0.717, 1.165) is 36.4 Å². The van der Waals surface area contributed by atoms with Crippen molar-refractivity contribution in [3.05, 3.63) is 59.7 Å². The monoisotopic (exact) mass is 422 g/mol. The number of benzene rings is 2. The number of ether oxygens (including phenoxy) is 1. The average molecular weight is 423 g/mol. The molecule has 2 atom stereocenters. The molecule has 6 nitrogen and oxygen atoms in total. The third kappa shape index (κ3) is 4.21. The number of nitrogens with zero attached hydrogens (tertiary/aromatic N) is 3. The zero-order valence-corrected chi connectivity index (χ0v) is 18.3. The average Bonchev–Trinajstić information content (AvgIpc) is 3.14. The number of fused-ring (bicyclic) bond motifs is 1. The largest absolute Gasteiger partial charge is 0.497 e. The van der Waals surface area contributed by atoms with Crippen molar-refractivity contribution in [3.8, 4) is 17.1 Å². The van der Waals surface area contributed by atoms with Crippen LogP contribution in [0, 0.1) is 0 Å². The van der Waals surface area contributed by atoms with Gasteiger partial charge in [0.2, 0.25) is 5.91 Å². The highest BCUT2D eigenvalue weighted by Gasteiger charge is 2.25. The van der Waals surface area contributed by atoms with Gasteiger partial charge in [-0.15, -0.1) is 10.2 Å². The molecule has 0 bridgehead atoms. The summed E-state index contributed by atoms with van der Waals surface area (Å²) in [5.74, 6) is 1.58. The molecule has 156 valence electrons. The molecule has 0 unspecified atom stereocenters. The highest BCUT2D eigenvalue weighted by Crippen LogP contribution is 2.31. The summed E-state index contributed by atoms with van der Waals surface area (Å²) < 4.78 is 7.14. The maximum absolute atomic E-state index is 12.9. The predicted octanol–water partition coefficient (Wildman–Crippen LogP) is 4.17. The molecular weight excluding hydrogens is 396 g/mol. The molecule has 0 fully saturated rings. The second-order valence-electron chi connectivity index (χ2n) is 7.51. The Labute approximate surface area is 181 Å². The lowest BCUT2D eigenvalue weighted by Crippen LogP contribution is -2.36. The van der Waals surface area contributed by atoms with Crippen LogP contribution in [-0.2, 0) is 18.3 Å². The van der Waals surface area contributed by atoms with Gasteiger partial charge in [-0.1, -0.05) is 36.0 Å². The lowest BCUT2D eigenvalue weighted by Gasteiger charge is -2.27. The van der Waals surface area contributed by atoms with Crippen LogP contribution in [0.2, 0.25) is 0 Å². The molecule has 0 saturated carbocycles. The van der Waals surface area contributed by atoms with E-state index < -0.39 is 0 Å². The molecular formula is C23H26N4O2S. The Morgan fingerprint density at radius 1 is 1.20 bits per heavy atom. The van der Waals surface area contributed by atoms with Crippen LogP contribution < -0.4 is 10.1 Å². The predicted molar refractivity (Wildman–Crippen MR) is 119 cm³/mol. The molecule has 0 saturated heterocycles. The van der Waals surface area contributed by atoms with E-state index in [1.165, 1.54) is 22.9 Å². The van der Waals surface area contributed by atoms with Crippen LogP contribution in [0.15, 0.2) is 53.7 Å². The highest BCUT2D eigenvalue weighted by molar-refractivity contribution is 8.00. The highest BCUT2D eigenvalue weighted by atomic mass is 32.2. The molecule has 2 aromatic carbocycles. The van der Waals surface area contributed by atoms with Crippen LogP contribution in [0.5, 0.6) is 5.75 Å². The first-order chi connectivity index (χ1) is 14.6. The van der Waals surface area contributed by atoms with Gasteiger partial charge in [-0.25, -0.2) is 0 Å². The maximum atomic E-state index is 12.9. The van der Waals surface area contributed by atoms with Gasteiger partial charge in [0.1, 0.15) is 5.75 Å². The fourth-order valence-electron chi connectivity index (χ4n) is 3.81. The summed E-state index contributed by atoms with van der Waals surface area (Å²) >= 11 is 1.42. The van der Waals surface area contributed by atoms with Gasteiger partial charge < -0.3 is 14.6 Å². The topological polar surface area (TPSA) is 69.0 Å². The molecule has 4 rings (SSSR count).